The molecular weight excluding hydrogens is 685 g/mol. The summed E-state index contributed by atoms with van der Waals surface area (Å²) in [6, 6.07) is 1.25. The summed E-state index contributed by atoms with van der Waals surface area (Å²) in [4.78, 5) is 71.8. The monoisotopic (exact) mass is 727 g/mol. The molecule has 2 aliphatic heterocycles. The highest BCUT2D eigenvalue weighted by Crippen LogP contribution is 2.65. The number of likely N-dealkylation sites (tertiary alicyclic amines) is 1. The summed E-state index contributed by atoms with van der Waals surface area (Å²) in [6.45, 7) is 5.65. The third-order valence-electron chi connectivity index (χ3n) is 9.82. The van der Waals surface area contributed by atoms with Gasteiger partial charge in [0.1, 0.15) is 22.5 Å². The van der Waals surface area contributed by atoms with Gasteiger partial charge in [-0.2, -0.15) is 4.31 Å². The lowest BCUT2D eigenvalue weighted by Crippen LogP contribution is -2.66. The second-order valence-corrected chi connectivity index (χ2v) is 18.1. The molecule has 4 fully saturated rings. The molecule has 264 valence electrons. The molecule has 48 heavy (non-hydrogen) atoms. The first-order valence-corrected chi connectivity index (χ1v) is 18.6. The van der Waals surface area contributed by atoms with E-state index in [1.165, 1.54) is 9.21 Å². The second-order valence-electron chi connectivity index (χ2n) is 14.7. The Morgan fingerprint density at radius 3 is 2.38 bits per heavy atom. The molecule has 0 aromatic carbocycles. The zero-order valence-electron chi connectivity index (χ0n) is 27.4. The van der Waals surface area contributed by atoms with E-state index in [2.05, 4.69) is 20.9 Å². The van der Waals surface area contributed by atoms with Gasteiger partial charge in [0.2, 0.25) is 27.6 Å². The van der Waals surface area contributed by atoms with Crippen molar-refractivity contribution in [2.75, 3.05) is 25.9 Å². The molecular formula is C31H43Cl2N7O7S. The Morgan fingerprint density at radius 2 is 1.81 bits per heavy atom. The largest absolute Gasteiger partial charge is 0.363 e. The molecule has 5 amide bonds. The highest BCUT2D eigenvalue weighted by atomic mass is 35.5. The summed E-state index contributed by atoms with van der Waals surface area (Å²) in [7, 11) is -3.57. The molecule has 3 heterocycles. The number of fused-ring (bicyclic) bond motifs is 1. The number of carbonyl (C=O) groups is 5. The number of urea groups is 1. The fourth-order valence-electron chi connectivity index (χ4n) is 7.09. The first-order valence-electron chi connectivity index (χ1n) is 16.0. The van der Waals surface area contributed by atoms with Crippen LogP contribution in [0.2, 0.25) is 0 Å². The molecule has 2 unspecified atom stereocenters. The Kier molecular flexibility index (Phi) is 9.85. The van der Waals surface area contributed by atoms with Crippen molar-refractivity contribution in [1.82, 2.24) is 30.1 Å². The molecule has 5 N–H and O–H groups in total. The highest BCUT2D eigenvalue weighted by Gasteiger charge is 2.74. The minimum absolute atomic E-state index is 0.0153. The van der Waals surface area contributed by atoms with Crippen LogP contribution in [0.5, 0.6) is 0 Å². The molecule has 4 aliphatic rings. The predicted molar refractivity (Wildman–Crippen MR) is 177 cm³/mol. The molecule has 2 saturated heterocycles. The first kappa shape index (κ1) is 36.3. The van der Waals surface area contributed by atoms with Crippen molar-refractivity contribution >= 4 is 62.8 Å². The summed E-state index contributed by atoms with van der Waals surface area (Å²) in [6.07, 6.45) is 5.22. The van der Waals surface area contributed by atoms with Gasteiger partial charge in [-0.15, -0.1) is 23.2 Å². The molecule has 0 bridgehead atoms. The van der Waals surface area contributed by atoms with Crippen molar-refractivity contribution in [3.63, 3.8) is 0 Å². The van der Waals surface area contributed by atoms with Crippen LogP contribution in [-0.4, -0.2) is 106 Å². The lowest BCUT2D eigenvalue weighted by molar-refractivity contribution is -0.144. The van der Waals surface area contributed by atoms with E-state index >= 15 is 0 Å². The highest BCUT2D eigenvalue weighted by molar-refractivity contribution is 7.88. The van der Waals surface area contributed by atoms with Crippen LogP contribution < -0.4 is 21.7 Å². The molecule has 0 radical (unpaired) electrons. The number of ketones is 1. The number of nitrogens with two attached hydrogens (primary N) is 1. The summed E-state index contributed by atoms with van der Waals surface area (Å²) in [5.74, 6) is -4.61. The van der Waals surface area contributed by atoms with Gasteiger partial charge < -0.3 is 26.6 Å². The van der Waals surface area contributed by atoms with Crippen LogP contribution in [0.1, 0.15) is 52.1 Å². The smallest absolute Gasteiger partial charge is 0.315 e. The SMILES string of the molecule is CC(C)(C)[C@H](NC(=O)NC1(Cc2ccccn2)CCCN(S(C)(=O)=O)C1)C(=O)N1C[C@H]2[C@@H]([C@H]1C(=O)NC(C(=O)C(N)=O)C1CC1)C2(Cl)Cl. The van der Waals surface area contributed by atoms with E-state index in [1.54, 1.807) is 39.1 Å². The normalized spacial score (nSPS) is 28.0. The third-order valence-corrected chi connectivity index (χ3v) is 12.1. The van der Waals surface area contributed by atoms with Gasteiger partial charge in [-0.05, 0) is 49.1 Å². The van der Waals surface area contributed by atoms with Gasteiger partial charge in [0.15, 0.2) is 0 Å². The van der Waals surface area contributed by atoms with E-state index in [0.29, 0.717) is 37.9 Å². The fraction of sp³-hybridized carbons (Fsp3) is 0.677. The molecule has 1 aromatic rings. The summed E-state index contributed by atoms with van der Waals surface area (Å²) < 4.78 is 25.1. The van der Waals surface area contributed by atoms with Crippen molar-refractivity contribution < 1.29 is 32.4 Å². The zero-order chi connectivity index (χ0) is 35.4. The number of Topliss-reactive ketones (excluding diaryl/α,β-unsaturated/α-hetero) is 1. The second kappa shape index (κ2) is 13.0. The van der Waals surface area contributed by atoms with Gasteiger partial charge in [-0.3, -0.25) is 24.2 Å². The number of hydrogen-bond acceptors (Lipinski definition) is 8. The number of amides is 5. The number of primary amides is 1. The molecule has 5 rings (SSSR count). The number of rotatable bonds is 11. The Labute approximate surface area is 290 Å². The number of pyridine rings is 1. The van der Waals surface area contributed by atoms with Crippen LogP contribution in [0.25, 0.3) is 0 Å². The first-order chi connectivity index (χ1) is 22.2. The van der Waals surface area contributed by atoms with Crippen LogP contribution in [0.3, 0.4) is 0 Å². The summed E-state index contributed by atoms with van der Waals surface area (Å²) in [5, 5.41) is 8.45. The number of aromatic nitrogens is 1. The van der Waals surface area contributed by atoms with Gasteiger partial charge in [-0.25, -0.2) is 13.2 Å². The van der Waals surface area contributed by atoms with Crippen molar-refractivity contribution in [2.24, 2.45) is 28.9 Å². The number of nitrogens with one attached hydrogen (secondary N) is 3. The van der Waals surface area contributed by atoms with Gasteiger partial charge in [0.25, 0.3) is 5.91 Å². The number of piperidine rings is 2. The van der Waals surface area contributed by atoms with E-state index in [4.69, 9.17) is 28.9 Å². The Balaban J connectivity index is 1.37. The lowest BCUT2D eigenvalue weighted by Gasteiger charge is -2.43. The summed E-state index contributed by atoms with van der Waals surface area (Å²) >= 11 is 13.0. The van der Waals surface area contributed by atoms with Crippen LogP contribution in [0.4, 0.5) is 4.79 Å². The maximum absolute atomic E-state index is 14.3. The molecule has 17 heteroatoms. The average molecular weight is 729 g/mol. The van der Waals surface area contributed by atoms with Crippen molar-refractivity contribution in [3.05, 3.63) is 30.1 Å². The molecule has 2 aliphatic carbocycles. The summed E-state index contributed by atoms with van der Waals surface area (Å²) in [5.41, 5.74) is 4.03. The third kappa shape index (κ3) is 7.58. The van der Waals surface area contributed by atoms with Crippen LogP contribution in [-0.2, 0) is 35.6 Å². The zero-order valence-corrected chi connectivity index (χ0v) is 29.7. The van der Waals surface area contributed by atoms with Crippen LogP contribution >= 0.6 is 23.2 Å². The van der Waals surface area contributed by atoms with Gasteiger partial charge in [-0.1, -0.05) is 26.8 Å². The van der Waals surface area contributed by atoms with Gasteiger partial charge in [0.05, 0.1) is 11.8 Å². The van der Waals surface area contributed by atoms with Gasteiger partial charge in [0, 0.05) is 49.8 Å². The quantitative estimate of drug-likeness (QED) is 0.189. The van der Waals surface area contributed by atoms with Crippen LogP contribution in [0, 0.1) is 23.2 Å². The lowest BCUT2D eigenvalue weighted by atomic mass is 9.84. The van der Waals surface area contributed by atoms with E-state index in [0.717, 1.165) is 6.26 Å². The Hall–Kier alpha value is -3.01. The maximum Gasteiger partial charge on any atom is 0.315 e. The average Bonchev–Trinajstić information content (AvgIpc) is 3.86. The van der Waals surface area contributed by atoms with E-state index < -0.39 is 84.8 Å². The molecule has 6 atom stereocenters. The van der Waals surface area contributed by atoms with Crippen molar-refractivity contribution in [2.45, 2.75) is 80.9 Å². The van der Waals surface area contributed by atoms with Crippen molar-refractivity contribution in [3.8, 4) is 0 Å². The maximum atomic E-state index is 14.3. The number of nitrogens with zero attached hydrogens (tertiary/aromatic N) is 3. The number of alkyl halides is 2. The molecule has 1 aromatic heterocycles. The number of halogens is 2. The minimum atomic E-state index is -3.57. The number of carbonyl (C=O) groups excluding carboxylic acids is 5. The van der Waals surface area contributed by atoms with Gasteiger partial charge >= 0.3 is 6.03 Å². The van der Waals surface area contributed by atoms with E-state index in [-0.39, 0.29) is 25.4 Å². The Morgan fingerprint density at radius 1 is 1.12 bits per heavy atom. The number of sulfonamides is 1. The topological polar surface area (TPSA) is 201 Å². The number of hydrogen-bond donors (Lipinski definition) is 4. The van der Waals surface area contributed by atoms with E-state index in [1.807, 2.05) is 6.07 Å². The van der Waals surface area contributed by atoms with Crippen LogP contribution in [0.15, 0.2) is 24.4 Å². The fourth-order valence-corrected chi connectivity index (χ4v) is 8.86. The van der Waals surface area contributed by atoms with Crippen molar-refractivity contribution in [1.29, 1.82) is 0 Å². The molecule has 14 nitrogen and oxygen atoms in total. The molecule has 2 saturated carbocycles. The minimum Gasteiger partial charge on any atom is -0.363 e. The predicted octanol–water partition coefficient (Wildman–Crippen LogP) is 0.712. The standard InChI is InChI=1S/C31H43Cl2N7O7S/c1-29(2,3)24(37-28(45)38-30(14-18-8-5-6-12-35-18)11-7-13-39(16-30)48(4,46)47)27(44)40-15-19-20(31(19,32)33)22(40)26(43)36-21(17-9-10-17)23(41)25(34)42/h5-6,8,12,17,19-22,24H,7,9-11,13-16H2,1-4H3,(H2,34,42)(H,36,43)(H2,37,38,45)/t19-,20-,21?,22-,24+,30?/m0/s1. The Bertz CT molecular complexity index is 1580. The van der Waals surface area contributed by atoms with E-state index in [9.17, 15) is 32.4 Å². The molecule has 0 spiro atoms.